The van der Waals surface area contributed by atoms with Gasteiger partial charge in [-0.1, -0.05) is 5.92 Å². The molecule has 14 heavy (non-hydrogen) atoms. The lowest BCUT2D eigenvalue weighted by Gasteiger charge is -2.18. The third kappa shape index (κ3) is 5.04. The number of carboxylic acid groups (broad SMARTS) is 1. The highest BCUT2D eigenvalue weighted by Crippen LogP contribution is 1.88. The van der Waals surface area contributed by atoms with Gasteiger partial charge in [-0.25, -0.2) is 4.79 Å². The van der Waals surface area contributed by atoms with E-state index in [0.717, 1.165) is 0 Å². The molecule has 2 amide bonds. The fraction of sp³-hybridized carbons (Fsp3) is 0.556. The number of hydrogen-bond donors (Lipinski definition) is 2. The smallest absolute Gasteiger partial charge is 0.318 e. The van der Waals surface area contributed by atoms with Gasteiger partial charge >= 0.3 is 12.0 Å². The minimum Gasteiger partial charge on any atom is -0.481 e. The third-order valence-corrected chi connectivity index (χ3v) is 1.57. The number of rotatable bonds is 5. The maximum Gasteiger partial charge on any atom is 0.318 e. The summed E-state index contributed by atoms with van der Waals surface area (Å²) in [6.45, 7) is 2.65. The van der Waals surface area contributed by atoms with E-state index in [1.807, 2.05) is 0 Å². The second kappa shape index (κ2) is 6.78. The summed E-state index contributed by atoms with van der Waals surface area (Å²) in [5.41, 5.74) is 0. The molecule has 0 radical (unpaired) electrons. The van der Waals surface area contributed by atoms with E-state index in [2.05, 4.69) is 11.2 Å². The number of aliphatic carboxylic acids is 1. The number of urea groups is 1. The lowest BCUT2D eigenvalue weighted by Crippen LogP contribution is -2.40. The number of amides is 2. The molecule has 0 aliphatic carbocycles. The van der Waals surface area contributed by atoms with Crippen molar-refractivity contribution in [2.45, 2.75) is 13.3 Å². The first-order valence-corrected chi connectivity index (χ1v) is 4.29. The van der Waals surface area contributed by atoms with Gasteiger partial charge in [-0.3, -0.25) is 4.79 Å². The lowest BCUT2D eigenvalue weighted by molar-refractivity contribution is -0.136. The number of terminal acetylenes is 1. The summed E-state index contributed by atoms with van der Waals surface area (Å²) in [6, 6.07) is -0.327. The number of carbonyl (C=O) groups excluding carboxylic acids is 1. The van der Waals surface area contributed by atoms with E-state index in [0.29, 0.717) is 6.54 Å². The molecule has 0 fully saturated rings. The van der Waals surface area contributed by atoms with Crippen LogP contribution in [0.1, 0.15) is 13.3 Å². The largest absolute Gasteiger partial charge is 0.481 e. The molecule has 2 N–H and O–H groups in total. The van der Waals surface area contributed by atoms with Crippen molar-refractivity contribution >= 4 is 12.0 Å². The highest BCUT2D eigenvalue weighted by Gasteiger charge is 2.09. The summed E-state index contributed by atoms with van der Waals surface area (Å²) in [5.74, 6) is 1.41. The van der Waals surface area contributed by atoms with E-state index < -0.39 is 5.97 Å². The van der Waals surface area contributed by atoms with E-state index in [-0.39, 0.29) is 25.5 Å². The third-order valence-electron chi connectivity index (χ3n) is 1.57. The van der Waals surface area contributed by atoms with Crippen molar-refractivity contribution in [2.24, 2.45) is 0 Å². The predicted molar refractivity (Wildman–Crippen MR) is 51.7 cm³/mol. The molecule has 5 heteroatoms. The number of nitrogens with one attached hydrogen (secondary N) is 1. The van der Waals surface area contributed by atoms with E-state index in [4.69, 9.17) is 11.5 Å². The Morgan fingerprint density at radius 1 is 1.57 bits per heavy atom. The summed E-state index contributed by atoms with van der Waals surface area (Å²) < 4.78 is 0. The van der Waals surface area contributed by atoms with Crippen LogP contribution >= 0.6 is 0 Å². The van der Waals surface area contributed by atoms with Crippen LogP contribution in [-0.4, -0.2) is 41.6 Å². The average Bonchev–Trinajstić information content (AvgIpc) is 2.13. The summed E-state index contributed by atoms with van der Waals surface area (Å²) in [5, 5.41) is 10.8. The Labute approximate surface area is 83.1 Å². The van der Waals surface area contributed by atoms with Gasteiger partial charge in [-0.2, -0.15) is 0 Å². The lowest BCUT2D eigenvalue weighted by atomic mass is 10.4. The summed E-state index contributed by atoms with van der Waals surface area (Å²) in [4.78, 5) is 22.8. The van der Waals surface area contributed by atoms with Crippen molar-refractivity contribution in [1.82, 2.24) is 10.2 Å². The van der Waals surface area contributed by atoms with Crippen molar-refractivity contribution in [2.75, 3.05) is 19.6 Å². The van der Waals surface area contributed by atoms with Crippen LogP contribution in [0.5, 0.6) is 0 Å². The van der Waals surface area contributed by atoms with Crippen LogP contribution < -0.4 is 5.32 Å². The maximum absolute atomic E-state index is 11.3. The van der Waals surface area contributed by atoms with Crippen molar-refractivity contribution < 1.29 is 14.7 Å². The van der Waals surface area contributed by atoms with Crippen LogP contribution in [0.3, 0.4) is 0 Å². The monoisotopic (exact) mass is 198 g/mol. The Kier molecular flexibility index (Phi) is 5.95. The normalized spacial score (nSPS) is 8.86. The van der Waals surface area contributed by atoms with Crippen molar-refractivity contribution in [1.29, 1.82) is 0 Å². The van der Waals surface area contributed by atoms with E-state index in [9.17, 15) is 9.59 Å². The molecule has 0 aromatic carbocycles. The van der Waals surface area contributed by atoms with E-state index in [1.165, 1.54) is 4.90 Å². The Morgan fingerprint density at radius 3 is 2.64 bits per heavy atom. The molecule has 5 nitrogen and oxygen atoms in total. The number of nitrogens with zero attached hydrogens (tertiary/aromatic N) is 1. The molecule has 0 aromatic heterocycles. The molecule has 0 heterocycles. The first-order valence-electron chi connectivity index (χ1n) is 4.29. The van der Waals surface area contributed by atoms with Crippen LogP contribution in [0.25, 0.3) is 0 Å². The highest BCUT2D eigenvalue weighted by molar-refractivity contribution is 5.75. The molecule has 78 valence electrons. The Balaban J connectivity index is 3.82. The highest BCUT2D eigenvalue weighted by atomic mass is 16.4. The first-order chi connectivity index (χ1) is 6.61. The zero-order valence-electron chi connectivity index (χ0n) is 8.12. The summed E-state index contributed by atoms with van der Waals surface area (Å²) in [6.07, 6.45) is 4.97. The molecular weight excluding hydrogens is 184 g/mol. The molecule has 0 saturated heterocycles. The van der Waals surface area contributed by atoms with Gasteiger partial charge in [0.05, 0.1) is 13.0 Å². The number of carbonyl (C=O) groups is 2. The topological polar surface area (TPSA) is 69.6 Å². The van der Waals surface area contributed by atoms with Crippen LogP contribution in [0.2, 0.25) is 0 Å². The van der Waals surface area contributed by atoms with Gasteiger partial charge in [0.25, 0.3) is 0 Å². The maximum atomic E-state index is 11.3. The SMILES string of the molecule is C#CCN(CC)C(=O)NCCC(=O)O. The standard InChI is InChI=1S/C9H14N2O3/c1-3-7-11(4-2)9(14)10-6-5-8(12)13/h1H,4-7H2,2H3,(H,10,14)(H,12,13). The average molecular weight is 198 g/mol. The van der Waals surface area contributed by atoms with E-state index >= 15 is 0 Å². The van der Waals surface area contributed by atoms with Crippen molar-refractivity contribution in [3.05, 3.63) is 0 Å². The summed E-state index contributed by atoms with van der Waals surface area (Å²) >= 11 is 0. The second-order valence-electron chi connectivity index (χ2n) is 2.59. The minimum absolute atomic E-state index is 0.0840. The van der Waals surface area contributed by atoms with Gasteiger partial charge in [0.1, 0.15) is 0 Å². The van der Waals surface area contributed by atoms with Gasteiger partial charge in [0, 0.05) is 13.1 Å². The van der Waals surface area contributed by atoms with Crippen LogP contribution in [-0.2, 0) is 4.79 Å². The molecule has 0 spiro atoms. The van der Waals surface area contributed by atoms with Crippen LogP contribution in [0.4, 0.5) is 4.79 Å². The molecule has 0 aromatic rings. The predicted octanol–water partition coefficient (Wildman–Crippen LogP) is 0.126. The second-order valence-corrected chi connectivity index (χ2v) is 2.59. The van der Waals surface area contributed by atoms with E-state index in [1.54, 1.807) is 6.92 Å². The fourth-order valence-corrected chi connectivity index (χ4v) is 0.826. The van der Waals surface area contributed by atoms with Crippen molar-refractivity contribution in [3.63, 3.8) is 0 Å². The summed E-state index contributed by atoms with van der Waals surface area (Å²) in [7, 11) is 0. The van der Waals surface area contributed by atoms with Gasteiger partial charge in [0.2, 0.25) is 0 Å². The first kappa shape index (κ1) is 12.3. The molecule has 0 saturated carbocycles. The van der Waals surface area contributed by atoms with Gasteiger partial charge in [0.15, 0.2) is 0 Å². The quantitative estimate of drug-likeness (QED) is 0.617. The molecule has 0 atom stereocenters. The Bertz CT molecular complexity index is 245. The zero-order chi connectivity index (χ0) is 11.0. The zero-order valence-corrected chi connectivity index (χ0v) is 8.12. The van der Waals surface area contributed by atoms with Gasteiger partial charge in [-0.15, -0.1) is 6.42 Å². The van der Waals surface area contributed by atoms with Crippen molar-refractivity contribution in [3.8, 4) is 12.3 Å². The van der Waals surface area contributed by atoms with Crippen LogP contribution in [0, 0.1) is 12.3 Å². The molecule has 0 unspecified atom stereocenters. The van der Waals surface area contributed by atoms with Gasteiger partial charge < -0.3 is 15.3 Å². The Morgan fingerprint density at radius 2 is 2.21 bits per heavy atom. The molecule has 0 aliphatic rings. The molecular formula is C9H14N2O3. The Hall–Kier alpha value is -1.70. The minimum atomic E-state index is -0.940. The molecule has 0 rings (SSSR count). The number of carboxylic acids is 1. The van der Waals surface area contributed by atoms with Crippen LogP contribution in [0.15, 0.2) is 0 Å². The molecule has 0 aliphatic heterocycles. The van der Waals surface area contributed by atoms with Gasteiger partial charge in [-0.05, 0) is 6.92 Å². The fourth-order valence-electron chi connectivity index (χ4n) is 0.826. The molecule has 0 bridgehead atoms. The number of hydrogen-bond acceptors (Lipinski definition) is 2.